The molecule has 0 aliphatic heterocycles. The van der Waals surface area contributed by atoms with Crippen molar-refractivity contribution in [3.8, 4) is 0 Å². The zero-order valence-corrected chi connectivity index (χ0v) is 16.5. The Morgan fingerprint density at radius 3 is 2.37 bits per heavy atom. The van der Waals surface area contributed by atoms with Crippen molar-refractivity contribution in [3.63, 3.8) is 0 Å². The van der Waals surface area contributed by atoms with Crippen LogP contribution in [0.15, 0.2) is 46.9 Å². The average Bonchev–Trinajstić information content (AvgIpc) is 2.66. The van der Waals surface area contributed by atoms with Gasteiger partial charge in [0.2, 0.25) is 11.8 Å². The number of unbranched alkanes of at least 4 members (excludes halogenated alkanes) is 1. The Hall–Kier alpha value is -2.28. The molecule has 0 spiro atoms. The molecule has 27 heavy (non-hydrogen) atoms. The lowest BCUT2D eigenvalue weighted by Crippen LogP contribution is -2.39. The molecule has 0 bridgehead atoms. The van der Waals surface area contributed by atoms with Gasteiger partial charge in [-0.3, -0.25) is 9.59 Å². The summed E-state index contributed by atoms with van der Waals surface area (Å²) in [6.07, 6.45) is 2.57. The van der Waals surface area contributed by atoms with Gasteiger partial charge in [-0.25, -0.2) is 8.78 Å². The first-order valence-electron chi connectivity index (χ1n) is 8.61. The molecule has 0 aliphatic rings. The Kier molecular flexibility index (Phi) is 7.91. The Labute approximate surface area is 165 Å². The zero-order valence-electron chi connectivity index (χ0n) is 14.9. The number of hydrogen-bond acceptors (Lipinski definition) is 2. The molecule has 4 nitrogen and oxygen atoms in total. The molecule has 0 aliphatic carbocycles. The molecular weight excluding hydrogens is 418 g/mol. The summed E-state index contributed by atoms with van der Waals surface area (Å²) >= 11 is 3.38. The molecule has 144 valence electrons. The molecule has 0 saturated heterocycles. The summed E-state index contributed by atoms with van der Waals surface area (Å²) in [5.74, 6) is -2.88. The lowest BCUT2D eigenvalue weighted by molar-refractivity contribution is -0.129. The van der Waals surface area contributed by atoms with Crippen LogP contribution in [0.3, 0.4) is 0 Å². The number of halogens is 3. The van der Waals surface area contributed by atoms with E-state index >= 15 is 0 Å². The summed E-state index contributed by atoms with van der Waals surface area (Å²) in [4.78, 5) is 24.2. The first-order chi connectivity index (χ1) is 12.9. The fraction of sp³-hybridized carbons (Fsp3) is 0.300. The highest BCUT2D eigenvalue weighted by Crippen LogP contribution is 2.18. The molecule has 0 heterocycles. The molecule has 2 amide bonds. The average molecular weight is 439 g/mol. The predicted molar refractivity (Wildman–Crippen MR) is 103 cm³/mol. The number of hydrogen-bond donors (Lipinski definition) is 2. The molecule has 2 N–H and O–H groups in total. The van der Waals surface area contributed by atoms with Crippen molar-refractivity contribution in [2.75, 3.05) is 7.05 Å². The van der Waals surface area contributed by atoms with Crippen LogP contribution in [0.1, 0.15) is 36.4 Å². The number of aryl methyl sites for hydroxylation is 1. The Bertz CT molecular complexity index is 797. The van der Waals surface area contributed by atoms with Gasteiger partial charge in [0, 0.05) is 17.9 Å². The zero-order chi connectivity index (χ0) is 19.8. The van der Waals surface area contributed by atoms with Crippen LogP contribution >= 0.6 is 15.9 Å². The van der Waals surface area contributed by atoms with Gasteiger partial charge in [-0.15, -0.1) is 0 Å². The molecule has 0 radical (unpaired) electrons. The number of benzene rings is 2. The molecule has 0 fully saturated rings. The van der Waals surface area contributed by atoms with E-state index < -0.39 is 23.6 Å². The van der Waals surface area contributed by atoms with E-state index in [0.29, 0.717) is 6.42 Å². The Balaban J connectivity index is 1.88. The third-order valence-electron chi connectivity index (χ3n) is 4.12. The first-order valence-corrected chi connectivity index (χ1v) is 9.40. The van der Waals surface area contributed by atoms with E-state index in [2.05, 4.69) is 26.6 Å². The van der Waals surface area contributed by atoms with Gasteiger partial charge >= 0.3 is 0 Å². The predicted octanol–water partition coefficient (Wildman–Crippen LogP) is 4.04. The van der Waals surface area contributed by atoms with E-state index in [1.165, 1.54) is 18.7 Å². The number of carbonyl (C=O) groups is 2. The van der Waals surface area contributed by atoms with E-state index in [4.69, 9.17) is 0 Å². The highest BCUT2D eigenvalue weighted by Gasteiger charge is 2.22. The Morgan fingerprint density at radius 2 is 1.74 bits per heavy atom. The number of amides is 2. The lowest BCUT2D eigenvalue weighted by Gasteiger charge is -2.18. The second kappa shape index (κ2) is 10.2. The monoisotopic (exact) mass is 438 g/mol. The maximum atomic E-state index is 13.5. The van der Waals surface area contributed by atoms with E-state index in [-0.39, 0.29) is 17.9 Å². The van der Waals surface area contributed by atoms with Gasteiger partial charge < -0.3 is 10.6 Å². The maximum Gasteiger partial charge on any atom is 0.246 e. The van der Waals surface area contributed by atoms with Gasteiger partial charge in [-0.05, 0) is 54.7 Å². The minimum absolute atomic E-state index is 0.191. The Morgan fingerprint density at radius 1 is 1.04 bits per heavy atom. The summed E-state index contributed by atoms with van der Waals surface area (Å²) in [5, 5.41) is 5.01. The molecule has 0 saturated carbocycles. The largest absolute Gasteiger partial charge is 0.357 e. The SMILES string of the molecule is CNC(=O)C(NC(=O)CCCCc1ccc(Br)cc1)c1ccc(F)c(F)c1. The summed E-state index contributed by atoms with van der Waals surface area (Å²) in [5.41, 5.74) is 1.38. The molecule has 2 aromatic carbocycles. The van der Waals surface area contributed by atoms with Gasteiger partial charge in [0.05, 0.1) is 0 Å². The number of rotatable bonds is 8. The van der Waals surface area contributed by atoms with E-state index in [0.717, 1.165) is 29.4 Å². The second-order valence-corrected chi connectivity index (χ2v) is 7.04. The van der Waals surface area contributed by atoms with Gasteiger partial charge in [0.15, 0.2) is 11.6 Å². The number of nitrogens with one attached hydrogen (secondary N) is 2. The van der Waals surface area contributed by atoms with E-state index in [1.807, 2.05) is 24.3 Å². The quantitative estimate of drug-likeness (QED) is 0.610. The number of carbonyl (C=O) groups excluding carboxylic acids is 2. The van der Waals surface area contributed by atoms with Gasteiger partial charge in [0.1, 0.15) is 6.04 Å². The standard InChI is InChI=1S/C20H21BrF2N2O2/c1-24-20(27)19(14-8-11-16(22)17(23)12-14)25-18(26)5-3-2-4-13-6-9-15(21)10-7-13/h6-12,19H,2-5H2,1H3,(H,24,27)(H,25,26). The van der Waals surface area contributed by atoms with Crippen LogP contribution in [-0.2, 0) is 16.0 Å². The second-order valence-electron chi connectivity index (χ2n) is 6.12. The van der Waals surface area contributed by atoms with Crippen LogP contribution < -0.4 is 10.6 Å². The summed E-state index contributed by atoms with van der Waals surface area (Å²) in [6.45, 7) is 0. The van der Waals surface area contributed by atoms with Gasteiger partial charge in [-0.1, -0.05) is 34.1 Å². The van der Waals surface area contributed by atoms with Crippen LogP contribution in [0, 0.1) is 11.6 Å². The fourth-order valence-corrected chi connectivity index (χ4v) is 2.90. The van der Waals surface area contributed by atoms with Gasteiger partial charge in [0.25, 0.3) is 0 Å². The van der Waals surface area contributed by atoms with Crippen LogP contribution in [0.2, 0.25) is 0 Å². The maximum absolute atomic E-state index is 13.5. The van der Waals surface area contributed by atoms with Crippen molar-refractivity contribution in [1.29, 1.82) is 0 Å². The molecule has 2 aromatic rings. The van der Waals surface area contributed by atoms with Crippen molar-refractivity contribution < 1.29 is 18.4 Å². The minimum atomic E-state index is -1.07. The third-order valence-corrected chi connectivity index (χ3v) is 4.65. The summed E-state index contributed by atoms with van der Waals surface area (Å²) in [7, 11) is 1.42. The topological polar surface area (TPSA) is 58.2 Å². The smallest absolute Gasteiger partial charge is 0.246 e. The van der Waals surface area contributed by atoms with E-state index in [1.54, 1.807) is 0 Å². The van der Waals surface area contributed by atoms with E-state index in [9.17, 15) is 18.4 Å². The molecule has 0 aromatic heterocycles. The van der Waals surface area contributed by atoms with Crippen molar-refractivity contribution in [3.05, 3.63) is 69.7 Å². The fourth-order valence-electron chi connectivity index (χ4n) is 2.64. The molecular formula is C20H21BrF2N2O2. The summed E-state index contributed by atoms with van der Waals surface area (Å²) < 4.78 is 27.6. The summed E-state index contributed by atoms with van der Waals surface area (Å²) in [6, 6.07) is 10.1. The van der Waals surface area contributed by atoms with Crippen LogP contribution in [0.5, 0.6) is 0 Å². The van der Waals surface area contributed by atoms with Crippen molar-refractivity contribution in [2.24, 2.45) is 0 Å². The third kappa shape index (κ3) is 6.43. The molecule has 7 heteroatoms. The minimum Gasteiger partial charge on any atom is -0.357 e. The van der Waals surface area contributed by atoms with Crippen molar-refractivity contribution in [1.82, 2.24) is 10.6 Å². The molecule has 1 unspecified atom stereocenters. The normalized spacial score (nSPS) is 11.7. The first kappa shape index (κ1) is 21.0. The van der Waals surface area contributed by atoms with Crippen LogP contribution in [-0.4, -0.2) is 18.9 Å². The van der Waals surface area contributed by atoms with Crippen molar-refractivity contribution in [2.45, 2.75) is 31.7 Å². The highest BCUT2D eigenvalue weighted by molar-refractivity contribution is 9.10. The van der Waals surface area contributed by atoms with Crippen LogP contribution in [0.25, 0.3) is 0 Å². The lowest BCUT2D eigenvalue weighted by atomic mass is 10.0. The number of likely N-dealkylation sites (N-methyl/N-ethyl adjacent to an activating group) is 1. The van der Waals surface area contributed by atoms with Gasteiger partial charge in [-0.2, -0.15) is 0 Å². The molecule has 1 atom stereocenters. The van der Waals surface area contributed by atoms with Crippen LogP contribution in [0.4, 0.5) is 8.78 Å². The molecule has 2 rings (SSSR count). The van der Waals surface area contributed by atoms with Crippen molar-refractivity contribution >= 4 is 27.7 Å². The highest BCUT2D eigenvalue weighted by atomic mass is 79.9.